The number of nitrogens with zero attached hydrogens (tertiary/aromatic N) is 3. The zero-order valence-electron chi connectivity index (χ0n) is 18.2. The Morgan fingerprint density at radius 1 is 1.23 bits per heavy atom. The van der Waals surface area contributed by atoms with Crippen LogP contribution < -0.4 is 26.6 Å². The van der Waals surface area contributed by atoms with Crippen LogP contribution in [-0.2, 0) is 17.6 Å². The highest BCUT2D eigenvalue weighted by Crippen LogP contribution is 2.24. The summed E-state index contributed by atoms with van der Waals surface area (Å²) in [5, 5.41) is 8.97. The summed E-state index contributed by atoms with van der Waals surface area (Å²) >= 11 is 0. The number of likely N-dealkylation sites (N-methyl/N-ethyl adjacent to an activating group) is 1. The number of nitrogens with two attached hydrogens (primary N) is 1. The van der Waals surface area contributed by atoms with Crippen LogP contribution in [0, 0.1) is 0 Å². The quantitative estimate of drug-likeness (QED) is 0.461. The molecule has 162 valence electrons. The first-order valence-corrected chi connectivity index (χ1v) is 9.95. The van der Waals surface area contributed by atoms with Crippen molar-refractivity contribution >= 4 is 29.1 Å². The van der Waals surface area contributed by atoms with Gasteiger partial charge in [-0.25, -0.2) is 9.97 Å². The standard InChI is InChI=1S/C21H31N7O2/c1-6-16-20(28(4)5)27-19(17(26-16)18(22)29)25-15-9-7-8-14(12-15)10-11-24-21(30)13(2)23-3/h7-9,12-13,23H,6,10-11H2,1-5H3,(H2,22,29)(H,24,30)(H,25,27)/t13-/m0/s1. The van der Waals surface area contributed by atoms with Crippen molar-refractivity contribution in [3.05, 3.63) is 41.2 Å². The molecule has 9 nitrogen and oxygen atoms in total. The predicted octanol–water partition coefficient (Wildman–Crippen LogP) is 1.21. The average molecular weight is 414 g/mol. The molecule has 1 atom stereocenters. The molecule has 1 aromatic carbocycles. The van der Waals surface area contributed by atoms with Gasteiger partial charge < -0.3 is 26.6 Å². The third-order valence-corrected chi connectivity index (χ3v) is 4.67. The molecule has 30 heavy (non-hydrogen) atoms. The molecule has 9 heteroatoms. The van der Waals surface area contributed by atoms with Gasteiger partial charge >= 0.3 is 0 Å². The molecule has 1 heterocycles. The van der Waals surface area contributed by atoms with E-state index in [0.717, 1.165) is 11.3 Å². The molecule has 2 aromatic rings. The van der Waals surface area contributed by atoms with Crippen molar-refractivity contribution < 1.29 is 9.59 Å². The van der Waals surface area contributed by atoms with E-state index in [4.69, 9.17) is 5.73 Å². The Morgan fingerprint density at radius 2 is 1.97 bits per heavy atom. The summed E-state index contributed by atoms with van der Waals surface area (Å²) in [6.07, 6.45) is 1.30. The fraction of sp³-hybridized carbons (Fsp3) is 0.429. The van der Waals surface area contributed by atoms with Crippen LogP contribution in [0.2, 0.25) is 0 Å². The summed E-state index contributed by atoms with van der Waals surface area (Å²) in [6, 6.07) is 7.47. The minimum atomic E-state index is -0.637. The molecular weight excluding hydrogens is 382 g/mol. The first kappa shape index (κ1) is 23.1. The predicted molar refractivity (Wildman–Crippen MR) is 119 cm³/mol. The molecule has 5 N–H and O–H groups in total. The fourth-order valence-electron chi connectivity index (χ4n) is 2.87. The highest BCUT2D eigenvalue weighted by atomic mass is 16.2. The third kappa shape index (κ3) is 5.90. The maximum absolute atomic E-state index is 11.9. The van der Waals surface area contributed by atoms with E-state index in [1.165, 1.54) is 0 Å². The Hall–Kier alpha value is -3.20. The average Bonchev–Trinajstić information content (AvgIpc) is 2.72. The molecule has 0 aliphatic rings. The lowest BCUT2D eigenvalue weighted by molar-refractivity contribution is -0.122. The van der Waals surface area contributed by atoms with Gasteiger partial charge in [0.1, 0.15) is 0 Å². The van der Waals surface area contributed by atoms with E-state index in [1.807, 2.05) is 57.1 Å². The second kappa shape index (κ2) is 10.5. The van der Waals surface area contributed by atoms with Crippen molar-refractivity contribution in [3.8, 4) is 0 Å². The number of carbonyl (C=O) groups is 2. The maximum Gasteiger partial charge on any atom is 0.271 e. The summed E-state index contributed by atoms with van der Waals surface area (Å²) in [6.45, 7) is 4.29. The van der Waals surface area contributed by atoms with Crippen molar-refractivity contribution in [3.63, 3.8) is 0 Å². The van der Waals surface area contributed by atoms with E-state index >= 15 is 0 Å². The van der Waals surface area contributed by atoms with Crippen molar-refractivity contribution in [2.45, 2.75) is 32.7 Å². The van der Waals surface area contributed by atoms with Gasteiger partial charge in [-0.1, -0.05) is 19.1 Å². The third-order valence-electron chi connectivity index (χ3n) is 4.67. The number of amides is 2. The van der Waals surface area contributed by atoms with Gasteiger partial charge in [0.05, 0.1) is 11.7 Å². The topological polar surface area (TPSA) is 125 Å². The molecule has 0 saturated carbocycles. The summed E-state index contributed by atoms with van der Waals surface area (Å²) in [5.74, 6) is 0.321. The number of benzene rings is 1. The minimum absolute atomic E-state index is 0.0413. The first-order valence-electron chi connectivity index (χ1n) is 9.95. The molecule has 0 radical (unpaired) electrons. The Kier molecular flexibility index (Phi) is 8.11. The first-order chi connectivity index (χ1) is 14.3. The van der Waals surface area contributed by atoms with E-state index in [-0.39, 0.29) is 17.6 Å². The van der Waals surface area contributed by atoms with E-state index < -0.39 is 5.91 Å². The van der Waals surface area contributed by atoms with Crippen LogP contribution in [0.25, 0.3) is 0 Å². The van der Waals surface area contributed by atoms with Crippen molar-refractivity contribution in [1.82, 2.24) is 20.6 Å². The highest BCUT2D eigenvalue weighted by molar-refractivity contribution is 5.96. The van der Waals surface area contributed by atoms with Crippen LogP contribution in [0.5, 0.6) is 0 Å². The number of rotatable bonds is 10. The lowest BCUT2D eigenvalue weighted by Crippen LogP contribution is -2.41. The maximum atomic E-state index is 11.9. The molecule has 0 fully saturated rings. The molecule has 0 bridgehead atoms. The zero-order chi connectivity index (χ0) is 22.3. The Morgan fingerprint density at radius 3 is 2.57 bits per heavy atom. The number of hydrogen-bond donors (Lipinski definition) is 4. The van der Waals surface area contributed by atoms with Crippen LogP contribution >= 0.6 is 0 Å². The monoisotopic (exact) mass is 413 g/mol. The summed E-state index contributed by atoms with van der Waals surface area (Å²) in [5.41, 5.74) is 8.14. The normalized spacial score (nSPS) is 11.6. The minimum Gasteiger partial charge on any atom is -0.364 e. The number of aromatic nitrogens is 2. The van der Waals surface area contributed by atoms with Gasteiger partial charge in [-0.2, -0.15) is 0 Å². The number of hydrogen-bond acceptors (Lipinski definition) is 7. The number of primary amides is 1. The van der Waals surface area contributed by atoms with Crippen molar-refractivity contribution in [1.29, 1.82) is 0 Å². The summed E-state index contributed by atoms with van der Waals surface area (Å²) in [7, 11) is 5.50. The van der Waals surface area contributed by atoms with E-state index in [2.05, 4.69) is 25.9 Å². The lowest BCUT2D eigenvalue weighted by Gasteiger charge is -2.18. The highest BCUT2D eigenvalue weighted by Gasteiger charge is 2.18. The zero-order valence-corrected chi connectivity index (χ0v) is 18.2. The Labute approximate surface area is 177 Å². The number of anilines is 3. The molecule has 0 spiro atoms. The number of aryl methyl sites for hydroxylation is 1. The molecule has 2 amide bonds. The van der Waals surface area contributed by atoms with Crippen molar-refractivity contribution in [2.75, 3.05) is 37.9 Å². The number of nitrogens with one attached hydrogen (secondary N) is 3. The van der Waals surface area contributed by atoms with Gasteiger partial charge in [-0.15, -0.1) is 0 Å². The van der Waals surface area contributed by atoms with E-state index in [0.29, 0.717) is 36.7 Å². The van der Waals surface area contributed by atoms with Gasteiger partial charge in [-0.3, -0.25) is 9.59 Å². The van der Waals surface area contributed by atoms with Gasteiger partial charge in [0.15, 0.2) is 17.3 Å². The Balaban J connectivity index is 2.20. The fourth-order valence-corrected chi connectivity index (χ4v) is 2.87. The second-order valence-electron chi connectivity index (χ2n) is 7.18. The van der Waals surface area contributed by atoms with E-state index in [1.54, 1.807) is 7.05 Å². The Bertz CT molecular complexity index is 899. The van der Waals surface area contributed by atoms with Gasteiger partial charge in [-0.05, 0) is 44.5 Å². The molecule has 0 saturated heterocycles. The number of carbonyl (C=O) groups excluding carboxylic acids is 2. The van der Waals surface area contributed by atoms with Gasteiger partial charge in [0.2, 0.25) is 5.91 Å². The lowest BCUT2D eigenvalue weighted by atomic mass is 10.1. The van der Waals surface area contributed by atoms with Gasteiger partial charge in [0.25, 0.3) is 5.91 Å². The molecule has 2 rings (SSSR count). The van der Waals surface area contributed by atoms with E-state index in [9.17, 15) is 9.59 Å². The van der Waals surface area contributed by atoms with Crippen LogP contribution in [-0.4, -0.2) is 55.5 Å². The van der Waals surface area contributed by atoms with Crippen LogP contribution in [0.3, 0.4) is 0 Å². The smallest absolute Gasteiger partial charge is 0.271 e. The summed E-state index contributed by atoms with van der Waals surface area (Å²) < 4.78 is 0. The van der Waals surface area contributed by atoms with Crippen LogP contribution in [0.4, 0.5) is 17.3 Å². The SMILES string of the molecule is CCc1nc(C(N)=O)c(Nc2cccc(CCNC(=O)[C@H](C)NC)c2)nc1N(C)C. The molecule has 0 aliphatic carbocycles. The second-order valence-corrected chi connectivity index (χ2v) is 7.18. The molecule has 1 aromatic heterocycles. The van der Waals surface area contributed by atoms with Crippen molar-refractivity contribution in [2.24, 2.45) is 5.73 Å². The largest absolute Gasteiger partial charge is 0.364 e. The summed E-state index contributed by atoms with van der Waals surface area (Å²) in [4.78, 5) is 34.7. The van der Waals surface area contributed by atoms with Gasteiger partial charge in [0, 0.05) is 26.3 Å². The molecule has 0 aliphatic heterocycles. The molecule has 0 unspecified atom stereocenters. The van der Waals surface area contributed by atoms with Crippen LogP contribution in [0.15, 0.2) is 24.3 Å². The van der Waals surface area contributed by atoms with Crippen LogP contribution in [0.1, 0.15) is 35.6 Å². The molecular formula is C21H31N7O2.